The van der Waals surface area contributed by atoms with Crippen molar-refractivity contribution in [2.45, 2.75) is 36.9 Å². The lowest BCUT2D eigenvalue weighted by atomic mass is 9.85. The van der Waals surface area contributed by atoms with Gasteiger partial charge in [-0.1, -0.05) is 22.0 Å². The SMILES string of the molecule is CN(CC1CC(Br)C1)C(=O)CCCc1cccs1. The highest BCUT2D eigenvalue weighted by Crippen LogP contribution is 2.33. The summed E-state index contributed by atoms with van der Waals surface area (Å²) in [4.78, 5) is 15.9. The van der Waals surface area contributed by atoms with Crippen LogP contribution in [0.3, 0.4) is 0 Å². The Bertz CT molecular complexity index is 373. The summed E-state index contributed by atoms with van der Waals surface area (Å²) in [6, 6.07) is 4.21. The molecule has 0 aliphatic heterocycles. The molecule has 1 heterocycles. The van der Waals surface area contributed by atoms with Gasteiger partial charge in [-0.05, 0) is 43.0 Å². The number of carbonyl (C=O) groups is 1. The van der Waals surface area contributed by atoms with Crippen LogP contribution in [-0.4, -0.2) is 29.2 Å². The van der Waals surface area contributed by atoms with Crippen LogP contribution in [0.25, 0.3) is 0 Å². The average molecular weight is 330 g/mol. The highest BCUT2D eigenvalue weighted by atomic mass is 79.9. The second-order valence-electron chi connectivity index (χ2n) is 5.14. The van der Waals surface area contributed by atoms with Crippen LogP contribution in [0.2, 0.25) is 0 Å². The molecule has 1 amide bonds. The molecule has 18 heavy (non-hydrogen) atoms. The van der Waals surface area contributed by atoms with Crippen LogP contribution < -0.4 is 0 Å². The molecule has 1 aromatic heterocycles. The highest BCUT2D eigenvalue weighted by Gasteiger charge is 2.28. The molecule has 0 radical (unpaired) electrons. The van der Waals surface area contributed by atoms with E-state index >= 15 is 0 Å². The molecule has 1 fully saturated rings. The molecule has 2 rings (SSSR count). The Kier molecular flexibility index (Phi) is 5.25. The predicted molar refractivity (Wildman–Crippen MR) is 80.3 cm³/mol. The lowest BCUT2D eigenvalue weighted by Gasteiger charge is -2.34. The molecule has 1 aliphatic rings. The molecule has 0 N–H and O–H groups in total. The summed E-state index contributed by atoms with van der Waals surface area (Å²) in [7, 11) is 1.94. The fourth-order valence-electron chi connectivity index (χ4n) is 2.35. The minimum atomic E-state index is 0.296. The van der Waals surface area contributed by atoms with Gasteiger partial charge < -0.3 is 4.90 Å². The maximum Gasteiger partial charge on any atom is 0.222 e. The van der Waals surface area contributed by atoms with E-state index in [0.29, 0.717) is 23.1 Å². The van der Waals surface area contributed by atoms with Crippen molar-refractivity contribution in [2.24, 2.45) is 5.92 Å². The Morgan fingerprint density at radius 1 is 1.56 bits per heavy atom. The van der Waals surface area contributed by atoms with Crippen molar-refractivity contribution in [2.75, 3.05) is 13.6 Å². The van der Waals surface area contributed by atoms with Crippen molar-refractivity contribution >= 4 is 33.2 Å². The third kappa shape index (κ3) is 4.09. The quantitative estimate of drug-likeness (QED) is 0.728. The summed E-state index contributed by atoms with van der Waals surface area (Å²) >= 11 is 5.37. The van der Waals surface area contributed by atoms with E-state index in [1.165, 1.54) is 17.7 Å². The third-order valence-corrected chi connectivity index (χ3v) is 5.21. The number of carbonyl (C=O) groups excluding carboxylic acids is 1. The number of hydrogen-bond acceptors (Lipinski definition) is 2. The monoisotopic (exact) mass is 329 g/mol. The van der Waals surface area contributed by atoms with Gasteiger partial charge in [0.1, 0.15) is 0 Å². The van der Waals surface area contributed by atoms with Crippen LogP contribution in [0.15, 0.2) is 17.5 Å². The van der Waals surface area contributed by atoms with Gasteiger partial charge in [0.25, 0.3) is 0 Å². The Hall–Kier alpha value is -0.350. The largest absolute Gasteiger partial charge is 0.345 e. The first-order valence-corrected chi connectivity index (χ1v) is 8.35. The number of rotatable bonds is 6. The smallest absolute Gasteiger partial charge is 0.222 e. The summed E-state index contributed by atoms with van der Waals surface area (Å²) in [6.45, 7) is 0.930. The van der Waals surface area contributed by atoms with Gasteiger partial charge in [-0.2, -0.15) is 0 Å². The molecule has 0 aromatic carbocycles. The maximum absolute atomic E-state index is 11.9. The number of halogens is 1. The van der Waals surface area contributed by atoms with E-state index in [4.69, 9.17) is 0 Å². The van der Waals surface area contributed by atoms with Gasteiger partial charge in [0.2, 0.25) is 5.91 Å². The molecular formula is C14H20BrNOS. The summed E-state index contributed by atoms with van der Waals surface area (Å²) in [5, 5.41) is 2.09. The molecule has 0 unspecified atom stereocenters. The van der Waals surface area contributed by atoms with Crippen LogP contribution in [0.4, 0.5) is 0 Å². The number of nitrogens with zero attached hydrogens (tertiary/aromatic N) is 1. The van der Waals surface area contributed by atoms with Crippen LogP contribution in [-0.2, 0) is 11.2 Å². The molecule has 1 saturated carbocycles. The molecule has 0 bridgehead atoms. The maximum atomic E-state index is 11.9. The second-order valence-corrected chi connectivity index (χ2v) is 7.47. The predicted octanol–water partition coefficient (Wildman–Crippen LogP) is 3.70. The lowest BCUT2D eigenvalue weighted by molar-refractivity contribution is -0.130. The van der Waals surface area contributed by atoms with E-state index in [9.17, 15) is 4.79 Å². The Morgan fingerprint density at radius 3 is 2.94 bits per heavy atom. The van der Waals surface area contributed by atoms with E-state index in [-0.39, 0.29) is 0 Å². The molecule has 1 aliphatic carbocycles. The molecular weight excluding hydrogens is 310 g/mol. The number of amides is 1. The van der Waals surface area contributed by atoms with Gasteiger partial charge in [0.15, 0.2) is 0 Å². The fourth-order valence-corrected chi connectivity index (χ4v) is 4.16. The van der Waals surface area contributed by atoms with Crippen LogP contribution >= 0.6 is 27.3 Å². The van der Waals surface area contributed by atoms with Crippen LogP contribution in [0, 0.1) is 5.92 Å². The number of thiophene rings is 1. The zero-order valence-corrected chi connectivity index (χ0v) is 13.2. The minimum Gasteiger partial charge on any atom is -0.345 e. The summed E-state index contributed by atoms with van der Waals surface area (Å²) in [5.74, 6) is 1.00. The Balaban J connectivity index is 1.61. The van der Waals surface area contributed by atoms with Crippen molar-refractivity contribution in [3.8, 4) is 0 Å². The molecule has 0 atom stereocenters. The number of hydrogen-bond donors (Lipinski definition) is 0. The molecule has 100 valence electrons. The van der Waals surface area contributed by atoms with Crippen molar-refractivity contribution in [1.82, 2.24) is 4.90 Å². The van der Waals surface area contributed by atoms with Gasteiger partial charge in [-0.25, -0.2) is 0 Å². The van der Waals surface area contributed by atoms with Crippen molar-refractivity contribution < 1.29 is 4.79 Å². The second kappa shape index (κ2) is 6.71. The van der Waals surface area contributed by atoms with Gasteiger partial charge in [0.05, 0.1) is 0 Å². The average Bonchev–Trinajstić information content (AvgIpc) is 2.79. The van der Waals surface area contributed by atoms with Gasteiger partial charge in [-0.3, -0.25) is 4.79 Å². The first-order chi connectivity index (χ1) is 8.65. The van der Waals surface area contributed by atoms with Crippen molar-refractivity contribution in [3.63, 3.8) is 0 Å². The standard InChI is InChI=1S/C14H20BrNOS/c1-16(10-11-8-12(15)9-11)14(17)6-2-4-13-5-3-7-18-13/h3,5,7,11-12H,2,4,6,8-10H2,1H3. The Labute approximate surface area is 122 Å². The zero-order chi connectivity index (χ0) is 13.0. The number of alkyl halides is 1. The Morgan fingerprint density at radius 2 is 2.33 bits per heavy atom. The van der Waals surface area contributed by atoms with Gasteiger partial charge in [0, 0.05) is 29.7 Å². The summed E-state index contributed by atoms with van der Waals surface area (Å²) in [6.07, 6.45) is 5.11. The molecule has 0 saturated heterocycles. The molecule has 2 nitrogen and oxygen atoms in total. The van der Waals surface area contributed by atoms with Crippen molar-refractivity contribution in [1.29, 1.82) is 0 Å². The zero-order valence-electron chi connectivity index (χ0n) is 10.8. The van der Waals surface area contributed by atoms with E-state index in [2.05, 4.69) is 33.4 Å². The van der Waals surface area contributed by atoms with Gasteiger partial charge in [-0.15, -0.1) is 11.3 Å². The third-order valence-electron chi connectivity index (χ3n) is 3.53. The van der Waals surface area contributed by atoms with E-state index in [1.807, 2.05) is 11.9 Å². The normalized spacial score (nSPS) is 22.6. The molecule has 4 heteroatoms. The van der Waals surface area contributed by atoms with Crippen molar-refractivity contribution in [3.05, 3.63) is 22.4 Å². The van der Waals surface area contributed by atoms with Crippen LogP contribution in [0.1, 0.15) is 30.6 Å². The highest BCUT2D eigenvalue weighted by molar-refractivity contribution is 9.09. The topological polar surface area (TPSA) is 20.3 Å². The van der Waals surface area contributed by atoms with E-state index < -0.39 is 0 Å². The van der Waals surface area contributed by atoms with E-state index in [0.717, 1.165) is 19.4 Å². The lowest BCUT2D eigenvalue weighted by Crippen LogP contribution is -2.37. The molecule has 0 spiro atoms. The summed E-state index contributed by atoms with van der Waals surface area (Å²) < 4.78 is 0. The molecule has 1 aromatic rings. The fraction of sp³-hybridized carbons (Fsp3) is 0.643. The van der Waals surface area contributed by atoms with Crippen LogP contribution in [0.5, 0.6) is 0 Å². The number of aryl methyl sites for hydroxylation is 1. The summed E-state index contributed by atoms with van der Waals surface area (Å²) in [5.41, 5.74) is 0. The first kappa shape index (κ1) is 14.1. The van der Waals surface area contributed by atoms with E-state index in [1.54, 1.807) is 11.3 Å². The first-order valence-electron chi connectivity index (χ1n) is 6.55. The minimum absolute atomic E-state index is 0.296. The van der Waals surface area contributed by atoms with Gasteiger partial charge >= 0.3 is 0 Å².